The Morgan fingerprint density at radius 2 is 1.97 bits per heavy atom. The van der Waals surface area contributed by atoms with Gasteiger partial charge in [0.25, 0.3) is 5.91 Å². The third-order valence-corrected chi connectivity index (χ3v) is 10.4. The van der Waals surface area contributed by atoms with E-state index in [0.717, 1.165) is 49.4 Å². The minimum atomic E-state index is -3.90. The molecule has 0 aromatic heterocycles. The predicted octanol–water partition coefficient (Wildman–Crippen LogP) is 3.68. The number of aryl methyl sites for hydroxylation is 1. The fraction of sp³-hybridized carbons (Fsp3) is 0.552. The maximum atomic E-state index is 13.0. The number of carbonyl (C=O) groups excluding carboxylic acids is 1. The van der Waals surface area contributed by atoms with Gasteiger partial charge in [0.15, 0.2) is 0 Å². The van der Waals surface area contributed by atoms with E-state index in [4.69, 9.17) is 21.1 Å². The molecule has 4 atom stereocenters. The molecule has 1 saturated carbocycles. The molecule has 1 spiro atoms. The standard InChI is InChI=1S/C29H35ClN2O6S/c30-23-6-7-25-20(12-23)2-1-9-29(25)17-32-15-22-4-3-19(22)13-24(33)16-37-10-11-39(35,36)31-28(34)21-5-8-27(38-18-29)26(32)14-21/h5-8,12,14,19,22,24,33H,1-4,9-11,13,15-18H2,(H,31,34)/t19-,22+,24+,29+/m1/s1. The number of hydrogen-bond donors (Lipinski definition) is 2. The number of halogens is 1. The highest BCUT2D eigenvalue weighted by molar-refractivity contribution is 7.90. The highest BCUT2D eigenvalue weighted by Gasteiger charge is 2.43. The van der Waals surface area contributed by atoms with Gasteiger partial charge in [-0.2, -0.15) is 0 Å². The van der Waals surface area contributed by atoms with Crippen LogP contribution in [0.15, 0.2) is 36.4 Å². The number of sulfonamides is 1. The van der Waals surface area contributed by atoms with Crippen molar-refractivity contribution in [1.29, 1.82) is 0 Å². The number of carbonyl (C=O) groups is 1. The van der Waals surface area contributed by atoms with Gasteiger partial charge in [0.2, 0.25) is 10.0 Å². The lowest BCUT2D eigenvalue weighted by Gasteiger charge is -2.45. The monoisotopic (exact) mass is 574 g/mol. The zero-order valence-electron chi connectivity index (χ0n) is 21.9. The number of rotatable bonds is 0. The Bertz CT molecular complexity index is 1370. The van der Waals surface area contributed by atoms with E-state index in [9.17, 15) is 18.3 Å². The number of fused-ring (bicyclic) bond motifs is 4. The van der Waals surface area contributed by atoms with Gasteiger partial charge >= 0.3 is 0 Å². The molecule has 10 heteroatoms. The largest absolute Gasteiger partial charge is 0.490 e. The van der Waals surface area contributed by atoms with E-state index in [0.29, 0.717) is 37.2 Å². The molecule has 2 aliphatic heterocycles. The maximum Gasteiger partial charge on any atom is 0.264 e. The lowest BCUT2D eigenvalue weighted by molar-refractivity contribution is 0.00957. The van der Waals surface area contributed by atoms with Crippen LogP contribution >= 0.6 is 11.6 Å². The smallest absolute Gasteiger partial charge is 0.264 e. The van der Waals surface area contributed by atoms with Crippen molar-refractivity contribution in [1.82, 2.24) is 4.72 Å². The Labute approximate surface area is 234 Å². The quantitative estimate of drug-likeness (QED) is 0.494. The van der Waals surface area contributed by atoms with Crippen LogP contribution in [-0.4, -0.2) is 64.2 Å². The van der Waals surface area contributed by atoms with Crippen LogP contribution in [0, 0.1) is 11.8 Å². The Morgan fingerprint density at radius 1 is 1.13 bits per heavy atom. The van der Waals surface area contributed by atoms with Gasteiger partial charge in [-0.1, -0.05) is 17.7 Å². The molecule has 0 unspecified atom stereocenters. The first-order chi connectivity index (χ1) is 18.7. The van der Waals surface area contributed by atoms with E-state index in [1.54, 1.807) is 18.2 Å². The van der Waals surface area contributed by atoms with Crippen LogP contribution in [-0.2, 0) is 26.6 Å². The molecule has 2 aromatic rings. The minimum absolute atomic E-state index is 0.0793. The van der Waals surface area contributed by atoms with E-state index < -0.39 is 22.0 Å². The first-order valence-electron chi connectivity index (χ1n) is 13.8. The van der Waals surface area contributed by atoms with Crippen LogP contribution < -0.4 is 14.4 Å². The molecule has 1 fully saturated rings. The number of ether oxygens (including phenoxy) is 2. The summed E-state index contributed by atoms with van der Waals surface area (Å²) < 4.78 is 39.2. The molecule has 39 heavy (non-hydrogen) atoms. The van der Waals surface area contributed by atoms with E-state index in [1.165, 1.54) is 11.1 Å². The Morgan fingerprint density at radius 3 is 2.79 bits per heavy atom. The number of amides is 1. The molecule has 6 rings (SSSR count). The Hall–Kier alpha value is -2.33. The molecular weight excluding hydrogens is 540 g/mol. The van der Waals surface area contributed by atoms with Gasteiger partial charge in [-0.3, -0.25) is 4.79 Å². The summed E-state index contributed by atoms with van der Waals surface area (Å²) in [5.41, 5.74) is 3.36. The molecule has 1 amide bonds. The average molecular weight is 575 g/mol. The molecule has 2 aromatic carbocycles. The summed E-state index contributed by atoms with van der Waals surface area (Å²) in [5.74, 6) is 0.402. The predicted molar refractivity (Wildman–Crippen MR) is 149 cm³/mol. The molecule has 2 heterocycles. The van der Waals surface area contributed by atoms with E-state index in [-0.39, 0.29) is 29.9 Å². The zero-order valence-corrected chi connectivity index (χ0v) is 23.5. The third kappa shape index (κ3) is 5.51. The fourth-order valence-corrected chi connectivity index (χ4v) is 7.82. The second kappa shape index (κ2) is 10.6. The summed E-state index contributed by atoms with van der Waals surface area (Å²) in [7, 11) is -3.90. The van der Waals surface area contributed by atoms with Crippen LogP contribution in [0.25, 0.3) is 0 Å². The van der Waals surface area contributed by atoms with Crippen molar-refractivity contribution in [2.75, 3.05) is 43.6 Å². The van der Waals surface area contributed by atoms with Gasteiger partial charge in [-0.05, 0) is 91.8 Å². The van der Waals surface area contributed by atoms with Gasteiger partial charge < -0.3 is 19.5 Å². The van der Waals surface area contributed by atoms with Crippen LogP contribution in [0.5, 0.6) is 5.75 Å². The summed E-state index contributed by atoms with van der Waals surface area (Å²) in [6.45, 7) is 1.98. The number of hydrogen-bond acceptors (Lipinski definition) is 7. The molecular formula is C29H35ClN2O6S. The van der Waals surface area contributed by atoms with Crippen molar-refractivity contribution in [2.24, 2.45) is 11.8 Å². The number of nitrogens with zero attached hydrogens (tertiary/aromatic N) is 1. The van der Waals surface area contributed by atoms with Gasteiger partial charge in [0, 0.05) is 29.1 Å². The lowest BCUT2D eigenvalue weighted by atomic mass is 9.68. The topological polar surface area (TPSA) is 105 Å². The SMILES string of the molecule is O=C1NS(=O)(=O)CCOC[C@@H](O)C[C@H]2CC[C@H]2CN2C[C@@]3(CCCc4cc(Cl)ccc43)COc3ccc1cc32. The summed E-state index contributed by atoms with van der Waals surface area (Å²) in [5, 5.41) is 11.3. The number of aliphatic hydroxyl groups is 1. The number of benzene rings is 2. The number of aliphatic hydroxyl groups excluding tert-OH is 1. The lowest BCUT2D eigenvalue weighted by Crippen LogP contribution is -2.48. The average Bonchev–Trinajstić information content (AvgIpc) is 3.04. The molecule has 210 valence electrons. The minimum Gasteiger partial charge on any atom is -0.490 e. The van der Waals surface area contributed by atoms with E-state index in [1.807, 2.05) is 6.07 Å². The second-order valence-electron chi connectivity index (χ2n) is 11.6. The van der Waals surface area contributed by atoms with Gasteiger partial charge in [-0.25, -0.2) is 13.1 Å². The summed E-state index contributed by atoms with van der Waals surface area (Å²) in [6, 6.07) is 11.3. The molecule has 2 N–H and O–H groups in total. The highest BCUT2D eigenvalue weighted by atomic mass is 35.5. The Balaban J connectivity index is 1.40. The highest BCUT2D eigenvalue weighted by Crippen LogP contribution is 2.46. The van der Waals surface area contributed by atoms with Crippen LogP contribution in [0.4, 0.5) is 5.69 Å². The number of anilines is 1. The fourth-order valence-electron chi connectivity index (χ4n) is 6.78. The van der Waals surface area contributed by atoms with Crippen molar-refractivity contribution < 1.29 is 27.8 Å². The molecule has 2 bridgehead atoms. The molecule has 8 nitrogen and oxygen atoms in total. The summed E-state index contributed by atoms with van der Waals surface area (Å²) in [4.78, 5) is 15.4. The third-order valence-electron chi connectivity index (χ3n) is 8.96. The molecule has 0 saturated heterocycles. The molecule has 2 aliphatic carbocycles. The van der Waals surface area contributed by atoms with Crippen molar-refractivity contribution in [3.8, 4) is 5.75 Å². The van der Waals surface area contributed by atoms with Crippen LogP contribution in [0.3, 0.4) is 0 Å². The Kier molecular flexibility index (Phi) is 7.29. The number of nitrogens with one attached hydrogen (secondary N) is 1. The van der Waals surface area contributed by atoms with Crippen molar-refractivity contribution >= 4 is 33.2 Å². The van der Waals surface area contributed by atoms with Gasteiger partial charge in [0.05, 0.1) is 37.4 Å². The van der Waals surface area contributed by atoms with E-state index >= 15 is 0 Å². The normalized spacial score (nSPS) is 30.7. The van der Waals surface area contributed by atoms with Gasteiger partial charge in [0.1, 0.15) is 5.75 Å². The second-order valence-corrected chi connectivity index (χ2v) is 13.9. The molecule has 4 aliphatic rings. The molecule has 0 radical (unpaired) electrons. The van der Waals surface area contributed by atoms with Crippen molar-refractivity contribution in [2.45, 2.75) is 50.0 Å². The first kappa shape index (κ1) is 26.9. The summed E-state index contributed by atoms with van der Waals surface area (Å²) in [6.07, 6.45) is 5.07. The summed E-state index contributed by atoms with van der Waals surface area (Å²) >= 11 is 6.36. The zero-order chi connectivity index (χ0) is 27.2. The van der Waals surface area contributed by atoms with Gasteiger partial charge in [-0.15, -0.1) is 0 Å². The van der Waals surface area contributed by atoms with Crippen LogP contribution in [0.2, 0.25) is 5.02 Å². The van der Waals surface area contributed by atoms with E-state index in [2.05, 4.69) is 21.8 Å². The maximum absolute atomic E-state index is 13.0. The van der Waals surface area contributed by atoms with Crippen molar-refractivity contribution in [3.63, 3.8) is 0 Å². The van der Waals surface area contributed by atoms with Crippen LogP contribution in [0.1, 0.15) is 53.6 Å². The van der Waals surface area contributed by atoms with Crippen molar-refractivity contribution in [3.05, 3.63) is 58.1 Å². The first-order valence-corrected chi connectivity index (χ1v) is 15.9.